The number of carboxylic acid groups (broad SMARTS) is 1. The Kier molecular flexibility index (Phi) is 6.54. The number of rotatable bonds is 8. The summed E-state index contributed by atoms with van der Waals surface area (Å²) >= 11 is 0. The molecular formula is C27H24O7. The molecule has 0 bridgehead atoms. The standard InChI is InChI=1S/C27H24O7/c1-16-13-17(7-12-22(16)32-3)14-21(25(28)18-8-10-19(31-2)11-9-18)24(27(29)30)20-5-4-6-23-26(20)34-15-33-23/h4-13H,14-15H2,1-3H3,(H,29,30). The van der Waals surface area contributed by atoms with Gasteiger partial charge in [-0.1, -0.05) is 24.3 Å². The molecule has 0 unspecified atom stereocenters. The SMILES string of the molecule is COc1ccc(C(=O)C(Cc2ccc(OC)c(C)c2)=C(C(=O)O)c2cccc3c2OCO3)cc1. The number of benzene rings is 3. The van der Waals surface area contributed by atoms with Crippen molar-refractivity contribution in [2.24, 2.45) is 0 Å². The third-order valence-corrected chi connectivity index (χ3v) is 5.65. The summed E-state index contributed by atoms with van der Waals surface area (Å²) in [6, 6.07) is 17.1. The van der Waals surface area contributed by atoms with Gasteiger partial charge in [0.25, 0.3) is 0 Å². The minimum Gasteiger partial charge on any atom is -0.497 e. The van der Waals surface area contributed by atoms with Crippen molar-refractivity contribution in [2.75, 3.05) is 21.0 Å². The molecule has 7 nitrogen and oxygen atoms in total. The van der Waals surface area contributed by atoms with Crippen molar-refractivity contribution in [3.05, 3.63) is 88.5 Å². The van der Waals surface area contributed by atoms with Gasteiger partial charge < -0.3 is 24.1 Å². The number of aliphatic carboxylic acids is 1. The van der Waals surface area contributed by atoms with Gasteiger partial charge in [0.1, 0.15) is 11.5 Å². The molecule has 0 saturated carbocycles. The van der Waals surface area contributed by atoms with Gasteiger partial charge in [-0.15, -0.1) is 0 Å². The molecule has 7 heteroatoms. The first-order valence-corrected chi connectivity index (χ1v) is 10.6. The first-order chi connectivity index (χ1) is 16.4. The van der Waals surface area contributed by atoms with E-state index >= 15 is 0 Å². The maximum atomic E-state index is 13.7. The van der Waals surface area contributed by atoms with Gasteiger partial charge in [-0.2, -0.15) is 0 Å². The average Bonchev–Trinajstić information content (AvgIpc) is 3.33. The van der Waals surface area contributed by atoms with Gasteiger partial charge in [-0.25, -0.2) is 4.79 Å². The quantitative estimate of drug-likeness (QED) is 0.385. The molecule has 174 valence electrons. The zero-order valence-electron chi connectivity index (χ0n) is 19.1. The van der Waals surface area contributed by atoms with E-state index in [1.165, 1.54) is 7.11 Å². The van der Waals surface area contributed by atoms with E-state index in [2.05, 4.69) is 0 Å². The van der Waals surface area contributed by atoms with Crippen LogP contribution in [-0.2, 0) is 11.2 Å². The minimum atomic E-state index is -1.23. The molecule has 0 saturated heterocycles. The molecule has 0 aromatic heterocycles. The van der Waals surface area contributed by atoms with Crippen LogP contribution in [0.4, 0.5) is 0 Å². The van der Waals surface area contributed by atoms with Crippen LogP contribution in [0, 0.1) is 6.92 Å². The topological polar surface area (TPSA) is 91.3 Å². The first kappa shape index (κ1) is 22.9. The van der Waals surface area contributed by atoms with Crippen LogP contribution in [0.5, 0.6) is 23.0 Å². The van der Waals surface area contributed by atoms with Crippen LogP contribution in [0.15, 0.2) is 66.2 Å². The second kappa shape index (κ2) is 9.70. The lowest BCUT2D eigenvalue weighted by atomic mass is 9.88. The Balaban J connectivity index is 1.90. The fourth-order valence-corrected chi connectivity index (χ4v) is 3.99. The number of carboxylic acids is 1. The number of para-hydroxylation sites is 1. The molecule has 0 radical (unpaired) electrons. The molecule has 3 aromatic rings. The summed E-state index contributed by atoms with van der Waals surface area (Å²) < 4.78 is 21.5. The number of carbonyl (C=O) groups excluding carboxylic acids is 1. The highest BCUT2D eigenvalue weighted by atomic mass is 16.7. The highest BCUT2D eigenvalue weighted by Crippen LogP contribution is 2.41. The summed E-state index contributed by atoms with van der Waals surface area (Å²) in [5.41, 5.74) is 2.31. The van der Waals surface area contributed by atoms with Crippen LogP contribution in [0.3, 0.4) is 0 Å². The van der Waals surface area contributed by atoms with E-state index in [0.29, 0.717) is 34.1 Å². The molecule has 1 heterocycles. The third-order valence-electron chi connectivity index (χ3n) is 5.65. The lowest BCUT2D eigenvalue weighted by Crippen LogP contribution is -2.14. The Morgan fingerprint density at radius 1 is 0.971 bits per heavy atom. The lowest BCUT2D eigenvalue weighted by molar-refractivity contribution is -0.130. The van der Waals surface area contributed by atoms with Gasteiger partial charge in [0, 0.05) is 23.1 Å². The number of fused-ring (bicyclic) bond motifs is 1. The Morgan fingerprint density at radius 2 is 1.74 bits per heavy atom. The van der Waals surface area contributed by atoms with Crippen molar-refractivity contribution in [2.45, 2.75) is 13.3 Å². The summed E-state index contributed by atoms with van der Waals surface area (Å²) in [5.74, 6) is 0.424. The molecule has 4 rings (SSSR count). The molecule has 3 aromatic carbocycles. The van der Waals surface area contributed by atoms with Gasteiger partial charge in [0.05, 0.1) is 19.8 Å². The molecule has 0 aliphatic carbocycles. The summed E-state index contributed by atoms with van der Waals surface area (Å²) in [7, 11) is 3.12. The van der Waals surface area contributed by atoms with E-state index in [0.717, 1.165) is 11.1 Å². The minimum absolute atomic E-state index is 0.0152. The van der Waals surface area contributed by atoms with Crippen molar-refractivity contribution in [3.8, 4) is 23.0 Å². The first-order valence-electron chi connectivity index (χ1n) is 10.6. The van der Waals surface area contributed by atoms with Crippen molar-refractivity contribution in [1.29, 1.82) is 0 Å². The summed E-state index contributed by atoms with van der Waals surface area (Å²) in [6.07, 6.45) is 0.0991. The van der Waals surface area contributed by atoms with Crippen molar-refractivity contribution >= 4 is 17.3 Å². The fraction of sp³-hybridized carbons (Fsp3) is 0.185. The monoisotopic (exact) mass is 460 g/mol. The zero-order chi connectivity index (χ0) is 24.2. The summed E-state index contributed by atoms with van der Waals surface area (Å²) in [4.78, 5) is 26.3. The van der Waals surface area contributed by atoms with Crippen molar-refractivity contribution < 1.29 is 33.6 Å². The summed E-state index contributed by atoms with van der Waals surface area (Å²) in [6.45, 7) is 1.88. The van der Waals surface area contributed by atoms with E-state index in [1.54, 1.807) is 55.6 Å². The predicted molar refractivity (Wildman–Crippen MR) is 126 cm³/mol. The molecule has 0 fully saturated rings. The number of allylic oxidation sites excluding steroid dienone is 1. The van der Waals surface area contributed by atoms with Gasteiger partial charge in [0.15, 0.2) is 17.3 Å². The van der Waals surface area contributed by atoms with Crippen molar-refractivity contribution in [1.82, 2.24) is 0 Å². The van der Waals surface area contributed by atoms with Crippen LogP contribution in [0.1, 0.15) is 27.0 Å². The predicted octanol–water partition coefficient (Wildman–Crippen LogP) is 4.70. The van der Waals surface area contributed by atoms with Crippen LogP contribution in [0.25, 0.3) is 5.57 Å². The number of methoxy groups -OCH3 is 2. The van der Waals surface area contributed by atoms with Gasteiger partial charge in [-0.05, 0) is 54.4 Å². The molecule has 34 heavy (non-hydrogen) atoms. The molecule has 0 atom stereocenters. The number of hydrogen-bond donors (Lipinski definition) is 1. The molecule has 1 N–H and O–H groups in total. The maximum Gasteiger partial charge on any atom is 0.336 e. The Hall–Kier alpha value is -4.26. The molecule has 1 aliphatic rings. The van der Waals surface area contributed by atoms with Crippen LogP contribution >= 0.6 is 0 Å². The van der Waals surface area contributed by atoms with Gasteiger partial charge in [0.2, 0.25) is 6.79 Å². The normalized spacial score (nSPS) is 12.7. The average molecular weight is 460 g/mol. The molecular weight excluding hydrogens is 436 g/mol. The van der Waals surface area contributed by atoms with E-state index in [4.69, 9.17) is 18.9 Å². The van der Waals surface area contributed by atoms with Crippen molar-refractivity contribution in [3.63, 3.8) is 0 Å². The molecule has 0 amide bonds. The number of carbonyl (C=O) groups is 2. The van der Waals surface area contributed by atoms with Crippen LogP contribution < -0.4 is 18.9 Å². The van der Waals surface area contributed by atoms with Crippen LogP contribution in [0.2, 0.25) is 0 Å². The zero-order valence-corrected chi connectivity index (χ0v) is 19.1. The number of hydrogen-bond acceptors (Lipinski definition) is 6. The second-order valence-corrected chi connectivity index (χ2v) is 7.74. The second-order valence-electron chi connectivity index (χ2n) is 7.74. The number of aryl methyl sites for hydroxylation is 1. The molecule has 1 aliphatic heterocycles. The Labute approximate surface area is 197 Å². The smallest absolute Gasteiger partial charge is 0.336 e. The van der Waals surface area contributed by atoms with E-state index in [1.807, 2.05) is 19.1 Å². The largest absolute Gasteiger partial charge is 0.497 e. The summed E-state index contributed by atoms with van der Waals surface area (Å²) in [5, 5.41) is 10.3. The lowest BCUT2D eigenvalue weighted by Gasteiger charge is -2.15. The highest BCUT2D eigenvalue weighted by Gasteiger charge is 2.29. The maximum absolute atomic E-state index is 13.7. The third kappa shape index (κ3) is 4.45. The van der Waals surface area contributed by atoms with E-state index in [-0.39, 0.29) is 24.4 Å². The van der Waals surface area contributed by atoms with E-state index in [9.17, 15) is 14.7 Å². The van der Waals surface area contributed by atoms with Gasteiger partial charge in [-0.3, -0.25) is 4.79 Å². The highest BCUT2D eigenvalue weighted by molar-refractivity contribution is 6.27. The Morgan fingerprint density at radius 3 is 2.38 bits per heavy atom. The Bertz CT molecular complexity index is 1270. The fourth-order valence-electron chi connectivity index (χ4n) is 3.99. The van der Waals surface area contributed by atoms with Gasteiger partial charge >= 0.3 is 5.97 Å². The van der Waals surface area contributed by atoms with Crippen LogP contribution in [-0.4, -0.2) is 37.9 Å². The number of ether oxygens (including phenoxy) is 4. The van der Waals surface area contributed by atoms with E-state index < -0.39 is 11.8 Å². The molecule has 0 spiro atoms. The number of Topliss-reactive ketones (excluding diaryl/α,β-unsaturated/α-hetero) is 1. The number of ketones is 1.